The molecule has 1 aromatic heterocycles. The lowest BCUT2D eigenvalue weighted by Crippen LogP contribution is -2.15. The molecule has 0 saturated carbocycles. The van der Waals surface area contributed by atoms with E-state index in [1.54, 1.807) is 18.5 Å². The molecule has 0 saturated heterocycles. The molecular formula is C23H19Cl3N2O. The van der Waals surface area contributed by atoms with E-state index in [1.807, 2.05) is 55.6 Å². The van der Waals surface area contributed by atoms with Crippen LogP contribution in [0.4, 0.5) is 0 Å². The van der Waals surface area contributed by atoms with Crippen molar-refractivity contribution < 1.29 is 5.11 Å². The van der Waals surface area contributed by atoms with Gasteiger partial charge in [0.05, 0.1) is 0 Å². The first-order chi connectivity index (χ1) is 14.0. The minimum Gasteiger partial charge on any atom is -0.384 e. The highest BCUT2D eigenvalue weighted by Crippen LogP contribution is 2.47. The number of pyridine rings is 1. The van der Waals surface area contributed by atoms with E-state index in [1.165, 1.54) is 0 Å². The van der Waals surface area contributed by atoms with Crippen molar-refractivity contribution in [1.29, 1.82) is 0 Å². The molecule has 3 nitrogen and oxygen atoms in total. The highest BCUT2D eigenvalue weighted by atomic mass is 35.5. The van der Waals surface area contributed by atoms with Crippen molar-refractivity contribution in [3.05, 3.63) is 104 Å². The number of hydrogen-bond donors (Lipinski definition) is 1. The Hall–Kier alpha value is -2.04. The van der Waals surface area contributed by atoms with Crippen molar-refractivity contribution in [2.75, 3.05) is 13.6 Å². The summed E-state index contributed by atoms with van der Waals surface area (Å²) in [6.07, 6.45) is 2.54. The third kappa shape index (κ3) is 4.01. The van der Waals surface area contributed by atoms with Gasteiger partial charge in [0.2, 0.25) is 0 Å². The van der Waals surface area contributed by atoms with Crippen LogP contribution >= 0.6 is 34.8 Å². The third-order valence-electron chi connectivity index (χ3n) is 5.22. The highest BCUT2D eigenvalue weighted by molar-refractivity contribution is 6.35. The van der Waals surface area contributed by atoms with Crippen LogP contribution in [0.2, 0.25) is 15.1 Å². The summed E-state index contributed by atoms with van der Waals surface area (Å²) in [5.74, 6) is -0.103. The Kier molecular flexibility index (Phi) is 5.84. The van der Waals surface area contributed by atoms with Gasteiger partial charge < -0.3 is 10.0 Å². The summed E-state index contributed by atoms with van der Waals surface area (Å²) in [6, 6.07) is 16.9. The summed E-state index contributed by atoms with van der Waals surface area (Å²) in [7, 11) is 2.01. The zero-order valence-electron chi connectivity index (χ0n) is 15.7. The molecule has 6 heteroatoms. The summed E-state index contributed by atoms with van der Waals surface area (Å²) in [6.45, 7) is 0.676. The number of rotatable bonds is 4. The van der Waals surface area contributed by atoms with Crippen LogP contribution in [0.1, 0.15) is 28.7 Å². The van der Waals surface area contributed by atoms with Gasteiger partial charge in [-0.15, -0.1) is 0 Å². The molecule has 1 N–H and O–H groups in total. The van der Waals surface area contributed by atoms with Crippen LogP contribution in [0.5, 0.6) is 0 Å². The second kappa shape index (κ2) is 8.37. The van der Waals surface area contributed by atoms with E-state index in [2.05, 4.69) is 9.88 Å². The Morgan fingerprint density at radius 1 is 1.03 bits per heavy atom. The van der Waals surface area contributed by atoms with Crippen molar-refractivity contribution >= 4 is 40.5 Å². The number of aromatic nitrogens is 1. The van der Waals surface area contributed by atoms with E-state index < -0.39 is 6.10 Å². The Morgan fingerprint density at radius 2 is 1.83 bits per heavy atom. The zero-order valence-corrected chi connectivity index (χ0v) is 18.0. The van der Waals surface area contributed by atoms with E-state index in [0.29, 0.717) is 21.6 Å². The second-order valence-corrected chi connectivity index (χ2v) is 8.38. The van der Waals surface area contributed by atoms with E-state index >= 15 is 0 Å². The smallest absolute Gasteiger partial charge is 0.105 e. The fourth-order valence-electron chi connectivity index (χ4n) is 3.96. The highest BCUT2D eigenvalue weighted by Gasteiger charge is 2.37. The van der Waals surface area contributed by atoms with Crippen molar-refractivity contribution in [1.82, 2.24) is 9.88 Å². The van der Waals surface area contributed by atoms with Gasteiger partial charge in [0.25, 0.3) is 0 Å². The van der Waals surface area contributed by atoms with Gasteiger partial charge in [-0.1, -0.05) is 59.1 Å². The molecule has 29 heavy (non-hydrogen) atoms. The minimum atomic E-state index is -0.834. The summed E-state index contributed by atoms with van der Waals surface area (Å²) in [5.41, 5.74) is 4.42. The fourth-order valence-corrected chi connectivity index (χ4v) is 4.69. The molecule has 4 rings (SSSR count). The lowest BCUT2D eigenvalue weighted by molar-refractivity contribution is 0.210. The van der Waals surface area contributed by atoms with Crippen LogP contribution < -0.4 is 0 Å². The summed E-state index contributed by atoms with van der Waals surface area (Å²) in [5, 5.41) is 13.2. The largest absolute Gasteiger partial charge is 0.384 e. The Bertz CT molecular complexity index is 1070. The predicted molar refractivity (Wildman–Crippen MR) is 119 cm³/mol. The lowest BCUT2D eigenvalue weighted by atomic mass is 9.86. The maximum atomic E-state index is 11.4. The first kappa shape index (κ1) is 20.2. The molecule has 2 aromatic carbocycles. The molecule has 0 spiro atoms. The standard InChI is InChI=1S/C23H19Cl3N2O/c1-28-13-19(18-8-7-17(25)11-20(18)26)21(23(29)15-5-3-9-27-12-15)22(28)14-4-2-6-16(24)10-14/h2-12,19,23,29H,13H2,1H3. The van der Waals surface area contributed by atoms with Crippen LogP contribution in [0.3, 0.4) is 0 Å². The van der Waals surface area contributed by atoms with Gasteiger partial charge in [-0.2, -0.15) is 0 Å². The molecule has 148 valence electrons. The van der Waals surface area contributed by atoms with Crippen molar-refractivity contribution in [3.63, 3.8) is 0 Å². The van der Waals surface area contributed by atoms with Crippen molar-refractivity contribution in [2.24, 2.45) is 0 Å². The number of likely N-dealkylation sites (N-methyl/N-ethyl adjacent to an activating group) is 1. The van der Waals surface area contributed by atoms with E-state index in [9.17, 15) is 5.11 Å². The minimum absolute atomic E-state index is 0.103. The molecule has 0 fully saturated rings. The average Bonchev–Trinajstić information content (AvgIpc) is 3.05. The maximum absolute atomic E-state index is 11.4. The zero-order chi connectivity index (χ0) is 20.5. The van der Waals surface area contributed by atoms with Crippen molar-refractivity contribution in [2.45, 2.75) is 12.0 Å². The topological polar surface area (TPSA) is 36.4 Å². The van der Waals surface area contributed by atoms with Crippen molar-refractivity contribution in [3.8, 4) is 0 Å². The Labute approximate surface area is 185 Å². The Morgan fingerprint density at radius 3 is 2.52 bits per heavy atom. The van der Waals surface area contributed by atoms with Gasteiger partial charge in [-0.25, -0.2) is 0 Å². The van der Waals surface area contributed by atoms with Gasteiger partial charge in [0, 0.05) is 58.2 Å². The van der Waals surface area contributed by atoms with E-state index in [4.69, 9.17) is 34.8 Å². The maximum Gasteiger partial charge on any atom is 0.105 e. The molecule has 3 aromatic rings. The molecule has 2 unspecified atom stereocenters. The Balaban J connectivity index is 1.92. The molecule has 0 radical (unpaired) electrons. The number of aliphatic hydroxyl groups is 1. The van der Waals surface area contributed by atoms with Gasteiger partial charge in [-0.3, -0.25) is 4.98 Å². The predicted octanol–water partition coefficient (Wildman–Crippen LogP) is 6.22. The van der Waals surface area contributed by atoms with Crippen LogP contribution in [0, 0.1) is 0 Å². The summed E-state index contributed by atoms with van der Waals surface area (Å²) < 4.78 is 0. The lowest BCUT2D eigenvalue weighted by Gasteiger charge is -2.21. The molecular weight excluding hydrogens is 427 g/mol. The van der Waals surface area contributed by atoms with Gasteiger partial charge >= 0.3 is 0 Å². The monoisotopic (exact) mass is 444 g/mol. The molecule has 1 aliphatic heterocycles. The van der Waals surface area contributed by atoms with E-state index in [-0.39, 0.29) is 5.92 Å². The molecule has 0 aliphatic carbocycles. The number of halogens is 3. The fraction of sp³-hybridized carbons (Fsp3) is 0.174. The van der Waals surface area contributed by atoms with E-state index in [0.717, 1.165) is 28.0 Å². The third-order valence-corrected chi connectivity index (χ3v) is 6.02. The van der Waals surface area contributed by atoms with Crippen LogP contribution in [0.15, 0.2) is 72.6 Å². The number of aliphatic hydroxyl groups excluding tert-OH is 1. The second-order valence-electron chi connectivity index (χ2n) is 7.10. The van der Waals surface area contributed by atoms with Crippen LogP contribution in [-0.2, 0) is 0 Å². The number of nitrogens with zero attached hydrogens (tertiary/aromatic N) is 2. The number of hydrogen-bond acceptors (Lipinski definition) is 3. The van der Waals surface area contributed by atoms with Crippen LogP contribution in [0.25, 0.3) is 5.70 Å². The molecule has 2 heterocycles. The van der Waals surface area contributed by atoms with Gasteiger partial charge in [0.15, 0.2) is 0 Å². The summed E-state index contributed by atoms with van der Waals surface area (Å²) >= 11 is 18.9. The van der Waals surface area contributed by atoms with Crippen LogP contribution in [-0.4, -0.2) is 28.6 Å². The first-order valence-corrected chi connectivity index (χ1v) is 10.3. The summed E-state index contributed by atoms with van der Waals surface area (Å²) in [4.78, 5) is 6.31. The molecule has 1 aliphatic rings. The quantitative estimate of drug-likeness (QED) is 0.518. The van der Waals surface area contributed by atoms with Gasteiger partial charge in [-0.05, 0) is 47.0 Å². The SMILES string of the molecule is CN1CC(c2ccc(Cl)cc2Cl)C(C(O)c2cccnc2)=C1c1cccc(Cl)c1. The molecule has 0 bridgehead atoms. The molecule has 2 atom stereocenters. The number of benzene rings is 2. The average molecular weight is 446 g/mol. The first-order valence-electron chi connectivity index (χ1n) is 9.19. The normalized spacial score (nSPS) is 17.7. The molecule has 0 amide bonds. The van der Waals surface area contributed by atoms with Gasteiger partial charge in [0.1, 0.15) is 6.10 Å².